The topological polar surface area (TPSA) is 40.6 Å². The highest BCUT2D eigenvalue weighted by Gasteiger charge is 2.35. The lowest BCUT2D eigenvalue weighted by Gasteiger charge is -2.39. The van der Waals surface area contributed by atoms with Crippen LogP contribution in [0.2, 0.25) is 0 Å². The van der Waals surface area contributed by atoms with Crippen molar-refractivity contribution in [3.05, 3.63) is 65.0 Å². The Hall–Kier alpha value is -2.69. The summed E-state index contributed by atoms with van der Waals surface area (Å²) in [6.07, 6.45) is 0. The Morgan fingerprint density at radius 3 is 2.56 bits per heavy atom. The lowest BCUT2D eigenvalue weighted by molar-refractivity contribution is -0.124. The number of benzene rings is 2. The summed E-state index contributed by atoms with van der Waals surface area (Å²) in [6, 6.07) is 11.5. The number of amides is 2. The first kappa shape index (κ1) is 17.1. The molecule has 1 unspecified atom stereocenters. The fourth-order valence-electron chi connectivity index (χ4n) is 3.10. The van der Waals surface area contributed by atoms with E-state index >= 15 is 0 Å². The number of nitrogens with zero attached hydrogens (tertiary/aromatic N) is 2. The van der Waals surface area contributed by atoms with Crippen LogP contribution in [0.15, 0.2) is 42.5 Å². The molecule has 2 aromatic rings. The fraction of sp³-hybridized carbons (Fsp3) is 0.300. The molecule has 1 atom stereocenters. The van der Waals surface area contributed by atoms with E-state index in [1.165, 1.54) is 6.07 Å². The molecule has 2 amide bonds. The molecule has 1 aliphatic heterocycles. The second kappa shape index (κ2) is 6.67. The van der Waals surface area contributed by atoms with E-state index in [4.69, 9.17) is 0 Å². The molecule has 0 aromatic heterocycles. The van der Waals surface area contributed by atoms with E-state index < -0.39 is 6.04 Å². The van der Waals surface area contributed by atoms with Gasteiger partial charge in [-0.1, -0.05) is 23.8 Å². The van der Waals surface area contributed by atoms with Gasteiger partial charge < -0.3 is 9.80 Å². The highest BCUT2D eigenvalue weighted by molar-refractivity contribution is 6.03. The largest absolute Gasteiger partial charge is 0.325 e. The monoisotopic (exact) mass is 340 g/mol. The molecule has 5 heteroatoms. The van der Waals surface area contributed by atoms with Crippen molar-refractivity contribution >= 4 is 17.5 Å². The zero-order chi connectivity index (χ0) is 18.1. The molecule has 0 aliphatic carbocycles. The SMILES string of the molecule is Cc1cccc(C(=O)N2CCN(c3ccc(C)c(F)c3)C(=O)C2C)c1. The predicted molar refractivity (Wildman–Crippen MR) is 95.2 cm³/mol. The van der Waals surface area contributed by atoms with Gasteiger partial charge in [-0.05, 0) is 50.6 Å². The van der Waals surface area contributed by atoms with Crippen molar-refractivity contribution < 1.29 is 14.0 Å². The quantitative estimate of drug-likeness (QED) is 0.841. The maximum absolute atomic E-state index is 13.8. The first-order valence-electron chi connectivity index (χ1n) is 8.33. The van der Waals surface area contributed by atoms with Crippen molar-refractivity contribution in [2.75, 3.05) is 18.0 Å². The molecule has 1 saturated heterocycles. The van der Waals surface area contributed by atoms with Crippen LogP contribution in [0, 0.1) is 19.7 Å². The van der Waals surface area contributed by atoms with Crippen LogP contribution in [-0.2, 0) is 4.79 Å². The standard InChI is InChI=1S/C20H21FN2O2/c1-13-5-4-6-16(11-13)20(25)22-9-10-23(19(24)15(22)3)17-8-7-14(2)18(21)12-17/h4-8,11-12,15H,9-10H2,1-3H3. The molecule has 3 rings (SSSR count). The number of hydrogen-bond acceptors (Lipinski definition) is 2. The van der Waals surface area contributed by atoms with Gasteiger partial charge >= 0.3 is 0 Å². The molecule has 2 aromatic carbocycles. The molecular weight excluding hydrogens is 319 g/mol. The van der Waals surface area contributed by atoms with E-state index in [1.807, 2.05) is 25.1 Å². The number of halogens is 1. The van der Waals surface area contributed by atoms with Gasteiger partial charge in [0.15, 0.2) is 0 Å². The van der Waals surface area contributed by atoms with E-state index in [1.54, 1.807) is 41.8 Å². The van der Waals surface area contributed by atoms with Crippen molar-refractivity contribution in [2.45, 2.75) is 26.8 Å². The molecular formula is C20H21FN2O2. The van der Waals surface area contributed by atoms with Crippen molar-refractivity contribution in [1.29, 1.82) is 0 Å². The van der Waals surface area contributed by atoms with Gasteiger partial charge in [-0.25, -0.2) is 4.39 Å². The Bertz CT molecular complexity index is 834. The van der Waals surface area contributed by atoms with Gasteiger partial charge in [0.25, 0.3) is 5.91 Å². The molecule has 25 heavy (non-hydrogen) atoms. The molecule has 0 saturated carbocycles. The van der Waals surface area contributed by atoms with Crippen LogP contribution in [0.1, 0.15) is 28.4 Å². The predicted octanol–water partition coefficient (Wildman–Crippen LogP) is 3.32. The minimum Gasteiger partial charge on any atom is -0.325 e. The van der Waals surface area contributed by atoms with E-state index in [2.05, 4.69) is 0 Å². The first-order valence-corrected chi connectivity index (χ1v) is 8.33. The number of piperazine rings is 1. The average molecular weight is 340 g/mol. The lowest BCUT2D eigenvalue weighted by Crippen LogP contribution is -2.57. The van der Waals surface area contributed by atoms with Crippen LogP contribution in [-0.4, -0.2) is 35.8 Å². The molecule has 0 bridgehead atoms. The summed E-state index contributed by atoms with van der Waals surface area (Å²) in [4.78, 5) is 28.6. The van der Waals surface area contributed by atoms with Gasteiger partial charge in [0.05, 0.1) is 0 Å². The Labute approximate surface area is 146 Å². The summed E-state index contributed by atoms with van der Waals surface area (Å²) >= 11 is 0. The van der Waals surface area contributed by atoms with E-state index in [9.17, 15) is 14.0 Å². The van der Waals surface area contributed by atoms with Crippen LogP contribution in [0.25, 0.3) is 0 Å². The first-order chi connectivity index (χ1) is 11.9. The summed E-state index contributed by atoms with van der Waals surface area (Å²) in [7, 11) is 0. The molecule has 0 spiro atoms. The normalized spacial score (nSPS) is 17.8. The van der Waals surface area contributed by atoms with Crippen LogP contribution < -0.4 is 4.90 Å². The second-order valence-electron chi connectivity index (χ2n) is 6.47. The molecule has 4 nitrogen and oxygen atoms in total. The van der Waals surface area contributed by atoms with Gasteiger partial charge in [-0.3, -0.25) is 9.59 Å². The number of rotatable bonds is 2. The number of carbonyl (C=O) groups excluding carboxylic acids is 2. The van der Waals surface area contributed by atoms with Gasteiger partial charge in [-0.15, -0.1) is 0 Å². The number of carbonyl (C=O) groups is 2. The highest BCUT2D eigenvalue weighted by Crippen LogP contribution is 2.24. The zero-order valence-corrected chi connectivity index (χ0v) is 14.6. The minimum atomic E-state index is -0.592. The van der Waals surface area contributed by atoms with Crippen LogP contribution >= 0.6 is 0 Å². The highest BCUT2D eigenvalue weighted by atomic mass is 19.1. The number of aryl methyl sites for hydroxylation is 2. The third-order valence-electron chi connectivity index (χ3n) is 4.65. The van der Waals surface area contributed by atoms with E-state index in [-0.39, 0.29) is 17.6 Å². The number of anilines is 1. The minimum absolute atomic E-state index is 0.153. The Balaban J connectivity index is 1.81. The van der Waals surface area contributed by atoms with Gasteiger partial charge in [0.2, 0.25) is 5.91 Å². The van der Waals surface area contributed by atoms with Crippen molar-refractivity contribution in [2.24, 2.45) is 0 Å². The van der Waals surface area contributed by atoms with Gasteiger partial charge in [0, 0.05) is 24.3 Å². The molecule has 130 valence electrons. The van der Waals surface area contributed by atoms with E-state index in [0.29, 0.717) is 29.9 Å². The second-order valence-corrected chi connectivity index (χ2v) is 6.47. The smallest absolute Gasteiger partial charge is 0.254 e. The maximum atomic E-state index is 13.8. The Morgan fingerprint density at radius 2 is 1.88 bits per heavy atom. The summed E-state index contributed by atoms with van der Waals surface area (Å²) in [6.45, 7) is 6.09. The van der Waals surface area contributed by atoms with E-state index in [0.717, 1.165) is 5.56 Å². The molecule has 0 radical (unpaired) electrons. The van der Waals surface area contributed by atoms with Gasteiger partial charge in [0.1, 0.15) is 11.9 Å². The fourth-order valence-corrected chi connectivity index (χ4v) is 3.10. The summed E-state index contributed by atoms with van der Waals surface area (Å²) in [5.74, 6) is -0.689. The molecule has 1 aliphatic rings. The van der Waals surface area contributed by atoms with Crippen LogP contribution in [0.3, 0.4) is 0 Å². The molecule has 1 fully saturated rings. The van der Waals surface area contributed by atoms with Crippen LogP contribution in [0.4, 0.5) is 10.1 Å². The summed E-state index contributed by atoms with van der Waals surface area (Å²) in [5, 5.41) is 0. The van der Waals surface area contributed by atoms with Crippen LogP contribution in [0.5, 0.6) is 0 Å². The van der Waals surface area contributed by atoms with Crippen molar-refractivity contribution in [1.82, 2.24) is 4.90 Å². The molecule has 0 N–H and O–H groups in total. The third-order valence-corrected chi connectivity index (χ3v) is 4.65. The average Bonchev–Trinajstić information content (AvgIpc) is 2.59. The lowest BCUT2D eigenvalue weighted by atomic mass is 10.1. The maximum Gasteiger partial charge on any atom is 0.254 e. The Morgan fingerprint density at radius 1 is 1.12 bits per heavy atom. The molecule has 1 heterocycles. The van der Waals surface area contributed by atoms with Crippen molar-refractivity contribution in [3.63, 3.8) is 0 Å². The Kier molecular flexibility index (Phi) is 4.57. The summed E-state index contributed by atoms with van der Waals surface area (Å²) in [5.41, 5.74) is 2.65. The number of hydrogen-bond donors (Lipinski definition) is 0. The third kappa shape index (κ3) is 3.27. The summed E-state index contributed by atoms with van der Waals surface area (Å²) < 4.78 is 13.8. The van der Waals surface area contributed by atoms with Gasteiger partial charge in [-0.2, -0.15) is 0 Å². The van der Waals surface area contributed by atoms with Crippen molar-refractivity contribution in [3.8, 4) is 0 Å². The zero-order valence-electron chi connectivity index (χ0n) is 14.6.